The third kappa shape index (κ3) is 6.55. The van der Waals surface area contributed by atoms with E-state index in [2.05, 4.69) is 43.7 Å². The summed E-state index contributed by atoms with van der Waals surface area (Å²) in [5.74, 6) is -1.09. The molecule has 1 aromatic heterocycles. The molecule has 1 aromatic carbocycles. The number of aliphatic hydroxyl groups is 1. The Morgan fingerprint density at radius 3 is 2.03 bits per heavy atom. The largest absolute Gasteiger partial charge is 0.371 e. The number of thiol groups is 1. The number of hydrogen-bond donors (Lipinski definition) is 3. The second-order valence-electron chi connectivity index (χ2n) is 9.92. The summed E-state index contributed by atoms with van der Waals surface area (Å²) in [4.78, 5) is 30.2. The molecule has 2 atom stereocenters. The minimum Gasteiger partial charge on any atom is -0.371 e. The normalized spacial score (nSPS) is 15.0. The van der Waals surface area contributed by atoms with Crippen LogP contribution in [0, 0.1) is 0 Å². The second kappa shape index (κ2) is 9.01. The molecular weight excluding hydrogens is 410 g/mol. The van der Waals surface area contributed by atoms with Gasteiger partial charge in [-0.05, 0) is 56.9 Å². The van der Waals surface area contributed by atoms with Crippen molar-refractivity contribution in [2.45, 2.75) is 70.4 Å². The SMILES string of the molecule is CC(C)(C)NC(=O)[C@@H](c1cccnc1)N(C(=O)[C@@](C)(O)S)c1ccc(C(C)(C)C)cc1. The molecule has 0 spiro atoms. The molecule has 0 aliphatic carbocycles. The van der Waals surface area contributed by atoms with Crippen LogP contribution in [0.5, 0.6) is 0 Å². The van der Waals surface area contributed by atoms with Gasteiger partial charge in [0.1, 0.15) is 6.04 Å². The van der Waals surface area contributed by atoms with Gasteiger partial charge < -0.3 is 10.4 Å². The molecule has 168 valence electrons. The highest BCUT2D eigenvalue weighted by atomic mass is 32.1. The zero-order valence-corrected chi connectivity index (χ0v) is 20.2. The van der Waals surface area contributed by atoms with Crippen LogP contribution in [0.3, 0.4) is 0 Å². The van der Waals surface area contributed by atoms with Gasteiger partial charge in [-0.2, -0.15) is 0 Å². The summed E-state index contributed by atoms with van der Waals surface area (Å²) in [6.07, 6.45) is 3.14. The van der Waals surface area contributed by atoms with E-state index in [1.165, 1.54) is 11.8 Å². The van der Waals surface area contributed by atoms with Crippen molar-refractivity contribution in [1.82, 2.24) is 10.3 Å². The van der Waals surface area contributed by atoms with Gasteiger partial charge in [-0.15, -0.1) is 12.6 Å². The van der Waals surface area contributed by atoms with E-state index in [-0.39, 0.29) is 11.3 Å². The summed E-state index contributed by atoms with van der Waals surface area (Å²) in [6.45, 7) is 13.2. The lowest BCUT2D eigenvalue weighted by atomic mass is 9.87. The van der Waals surface area contributed by atoms with Crippen LogP contribution in [0.15, 0.2) is 48.8 Å². The van der Waals surface area contributed by atoms with Crippen molar-refractivity contribution in [2.75, 3.05) is 4.90 Å². The highest BCUT2D eigenvalue weighted by Crippen LogP contribution is 2.33. The molecule has 0 fully saturated rings. The van der Waals surface area contributed by atoms with Crippen molar-refractivity contribution in [3.63, 3.8) is 0 Å². The van der Waals surface area contributed by atoms with E-state index >= 15 is 0 Å². The van der Waals surface area contributed by atoms with Crippen molar-refractivity contribution < 1.29 is 14.7 Å². The molecule has 2 rings (SSSR count). The molecule has 0 radical (unpaired) electrons. The topological polar surface area (TPSA) is 82.5 Å². The molecule has 31 heavy (non-hydrogen) atoms. The lowest BCUT2D eigenvalue weighted by Crippen LogP contribution is -2.53. The summed E-state index contributed by atoms with van der Waals surface area (Å²) in [7, 11) is 0. The van der Waals surface area contributed by atoms with E-state index in [1.807, 2.05) is 32.9 Å². The standard InChI is InChI=1S/C24H33N3O3S/c1-22(2,3)17-10-12-18(13-11-17)27(21(29)24(7,30)31)19(16-9-8-14-25-15-16)20(28)26-23(4,5)6/h8-15,19,30-31H,1-7H3,(H,26,28)/t19-,24+/m1/s1. The maximum atomic E-state index is 13.4. The number of hydrogen-bond acceptors (Lipinski definition) is 5. The summed E-state index contributed by atoms with van der Waals surface area (Å²) >= 11 is 4.08. The maximum absolute atomic E-state index is 13.4. The number of nitrogens with zero attached hydrogens (tertiary/aromatic N) is 2. The van der Waals surface area contributed by atoms with Gasteiger partial charge in [0.25, 0.3) is 5.91 Å². The summed E-state index contributed by atoms with van der Waals surface area (Å²) < 4.78 is 0. The van der Waals surface area contributed by atoms with Gasteiger partial charge in [0, 0.05) is 29.2 Å². The molecule has 7 heteroatoms. The van der Waals surface area contributed by atoms with Gasteiger partial charge in [0.15, 0.2) is 4.93 Å². The molecule has 0 saturated heterocycles. The summed E-state index contributed by atoms with van der Waals surface area (Å²) in [6, 6.07) is 9.81. The highest BCUT2D eigenvalue weighted by Gasteiger charge is 2.40. The van der Waals surface area contributed by atoms with Gasteiger partial charge in [0.2, 0.25) is 5.91 Å². The molecule has 2 N–H and O–H groups in total. The van der Waals surface area contributed by atoms with Crippen LogP contribution >= 0.6 is 12.6 Å². The molecule has 0 aliphatic rings. The number of rotatable bonds is 5. The fourth-order valence-electron chi connectivity index (χ4n) is 3.13. The molecule has 0 aliphatic heterocycles. The Morgan fingerprint density at radius 1 is 1.03 bits per heavy atom. The number of benzene rings is 1. The third-order valence-electron chi connectivity index (χ3n) is 4.64. The van der Waals surface area contributed by atoms with Crippen LogP contribution in [0.2, 0.25) is 0 Å². The van der Waals surface area contributed by atoms with Gasteiger partial charge in [-0.25, -0.2) is 0 Å². The third-order valence-corrected chi connectivity index (χ3v) is 4.83. The van der Waals surface area contributed by atoms with E-state index in [9.17, 15) is 14.7 Å². The molecular formula is C24H33N3O3S. The molecule has 0 saturated carbocycles. The van der Waals surface area contributed by atoms with Crippen LogP contribution in [-0.4, -0.2) is 32.4 Å². The molecule has 2 aromatic rings. The number of carbonyl (C=O) groups is 2. The van der Waals surface area contributed by atoms with Gasteiger partial charge >= 0.3 is 0 Å². The minimum absolute atomic E-state index is 0.0746. The fourth-order valence-corrected chi connectivity index (χ4v) is 3.23. The number of aromatic nitrogens is 1. The van der Waals surface area contributed by atoms with Crippen LogP contribution in [-0.2, 0) is 15.0 Å². The van der Waals surface area contributed by atoms with Gasteiger partial charge in [0.05, 0.1) is 0 Å². The number of pyridine rings is 1. The molecule has 0 unspecified atom stereocenters. The number of nitrogens with one attached hydrogen (secondary N) is 1. The Kier molecular flexibility index (Phi) is 7.23. The highest BCUT2D eigenvalue weighted by molar-refractivity contribution is 7.82. The van der Waals surface area contributed by atoms with E-state index in [0.29, 0.717) is 11.3 Å². The average molecular weight is 444 g/mol. The predicted octanol–water partition coefficient (Wildman–Crippen LogP) is 4.01. The van der Waals surface area contributed by atoms with Crippen molar-refractivity contribution >= 4 is 30.1 Å². The lowest BCUT2D eigenvalue weighted by Gasteiger charge is -2.36. The van der Waals surface area contributed by atoms with E-state index < -0.39 is 22.4 Å². The van der Waals surface area contributed by atoms with Crippen molar-refractivity contribution in [2.24, 2.45) is 0 Å². The van der Waals surface area contributed by atoms with Crippen LogP contribution in [0.25, 0.3) is 0 Å². The quantitative estimate of drug-likeness (QED) is 0.482. The predicted molar refractivity (Wildman–Crippen MR) is 127 cm³/mol. The minimum atomic E-state index is -1.98. The van der Waals surface area contributed by atoms with E-state index in [1.54, 1.807) is 36.7 Å². The zero-order valence-electron chi connectivity index (χ0n) is 19.3. The Morgan fingerprint density at radius 2 is 1.61 bits per heavy atom. The fraction of sp³-hybridized carbons (Fsp3) is 0.458. The molecule has 2 amide bonds. The summed E-state index contributed by atoms with van der Waals surface area (Å²) in [5.41, 5.74) is 1.49. The molecule has 6 nitrogen and oxygen atoms in total. The van der Waals surface area contributed by atoms with Crippen molar-refractivity contribution in [3.8, 4) is 0 Å². The van der Waals surface area contributed by atoms with Crippen LogP contribution < -0.4 is 10.2 Å². The Bertz CT molecular complexity index is 908. The Balaban J connectivity index is 2.67. The first-order chi connectivity index (χ1) is 14.1. The Hall–Kier alpha value is -2.38. The smallest absolute Gasteiger partial charge is 0.270 e. The Labute approximate surface area is 190 Å². The van der Waals surface area contributed by atoms with Crippen LogP contribution in [0.1, 0.15) is 65.6 Å². The van der Waals surface area contributed by atoms with Gasteiger partial charge in [-0.3, -0.25) is 19.5 Å². The second-order valence-corrected chi connectivity index (χ2v) is 10.8. The summed E-state index contributed by atoms with van der Waals surface area (Å²) in [5, 5.41) is 13.4. The number of carbonyl (C=O) groups excluding carboxylic acids is 2. The molecule has 0 bridgehead atoms. The maximum Gasteiger partial charge on any atom is 0.270 e. The monoisotopic (exact) mass is 443 g/mol. The van der Waals surface area contributed by atoms with Crippen LogP contribution in [0.4, 0.5) is 5.69 Å². The van der Waals surface area contributed by atoms with Gasteiger partial charge in [-0.1, -0.05) is 39.0 Å². The molecule has 1 heterocycles. The first-order valence-corrected chi connectivity index (χ1v) is 10.7. The van der Waals surface area contributed by atoms with E-state index in [0.717, 1.165) is 5.56 Å². The van der Waals surface area contributed by atoms with Crippen molar-refractivity contribution in [1.29, 1.82) is 0 Å². The number of amides is 2. The zero-order chi connectivity index (χ0) is 23.6. The average Bonchev–Trinajstić information content (AvgIpc) is 2.63. The lowest BCUT2D eigenvalue weighted by molar-refractivity contribution is -0.132. The van der Waals surface area contributed by atoms with E-state index in [4.69, 9.17) is 0 Å². The first-order valence-electron chi connectivity index (χ1n) is 10.2. The first kappa shape index (κ1) is 24.9. The van der Waals surface area contributed by atoms with Crippen molar-refractivity contribution in [3.05, 3.63) is 59.9 Å². The number of anilines is 1.